The minimum Gasteiger partial charge on any atom is -0.341 e. The number of amides is 1. The molecule has 22 heavy (non-hydrogen) atoms. The summed E-state index contributed by atoms with van der Waals surface area (Å²) in [5.74, 6) is 0.163. The molecule has 0 bridgehead atoms. The zero-order chi connectivity index (χ0) is 16.0. The third-order valence-electron chi connectivity index (χ3n) is 3.82. The molecule has 1 fully saturated rings. The highest BCUT2D eigenvalue weighted by Gasteiger charge is 2.15. The van der Waals surface area contributed by atoms with Crippen LogP contribution in [0, 0.1) is 0 Å². The van der Waals surface area contributed by atoms with Gasteiger partial charge in [0, 0.05) is 26.1 Å². The van der Waals surface area contributed by atoms with E-state index in [2.05, 4.69) is 10.0 Å². The number of hydrogen-bond acceptors (Lipinski definition) is 4. The molecule has 0 aromatic heterocycles. The van der Waals surface area contributed by atoms with Crippen LogP contribution in [-0.4, -0.2) is 52.5 Å². The monoisotopic (exact) mass is 325 g/mol. The molecule has 1 saturated heterocycles. The van der Waals surface area contributed by atoms with Crippen LogP contribution in [0.5, 0.6) is 0 Å². The Hall–Kier alpha value is -1.44. The number of hydrogen-bond donors (Lipinski definition) is 2. The lowest BCUT2D eigenvalue weighted by molar-refractivity contribution is -0.130. The molecule has 0 spiro atoms. The Balaban J connectivity index is 1.90. The number of rotatable bonds is 5. The summed E-state index contributed by atoms with van der Waals surface area (Å²) in [4.78, 5) is 14.3. The van der Waals surface area contributed by atoms with Crippen molar-refractivity contribution in [3.8, 4) is 0 Å². The Bertz CT molecular complexity index is 591. The molecule has 0 unspecified atom stereocenters. The normalized spacial score (nSPS) is 16.3. The summed E-state index contributed by atoms with van der Waals surface area (Å²) in [5.41, 5.74) is 0.969. The molecular formula is C15H23N3O3S. The molecule has 1 aliphatic rings. The first-order valence-electron chi connectivity index (χ1n) is 7.54. The summed E-state index contributed by atoms with van der Waals surface area (Å²) in [6.07, 6.45) is 2.07. The number of carbonyl (C=O) groups excluding carboxylic acids is 1. The van der Waals surface area contributed by atoms with Gasteiger partial charge in [0.15, 0.2) is 0 Å². The van der Waals surface area contributed by atoms with Gasteiger partial charge in [-0.15, -0.1) is 0 Å². The predicted octanol–water partition coefficient (Wildman–Crippen LogP) is 0.349. The summed E-state index contributed by atoms with van der Waals surface area (Å²) in [6.45, 7) is 3.39. The average molecular weight is 325 g/mol. The van der Waals surface area contributed by atoms with Gasteiger partial charge < -0.3 is 10.2 Å². The van der Waals surface area contributed by atoms with Crippen molar-refractivity contribution < 1.29 is 13.2 Å². The van der Waals surface area contributed by atoms with Crippen LogP contribution in [-0.2, 0) is 21.2 Å². The van der Waals surface area contributed by atoms with E-state index in [1.807, 2.05) is 4.90 Å². The van der Waals surface area contributed by atoms with E-state index in [0.717, 1.165) is 38.2 Å². The molecular weight excluding hydrogens is 302 g/mol. The van der Waals surface area contributed by atoms with Crippen molar-refractivity contribution in [1.29, 1.82) is 0 Å². The van der Waals surface area contributed by atoms with Crippen LogP contribution in [0.1, 0.15) is 18.4 Å². The smallest absolute Gasteiger partial charge is 0.240 e. The Morgan fingerprint density at radius 3 is 2.64 bits per heavy atom. The van der Waals surface area contributed by atoms with Crippen LogP contribution < -0.4 is 10.0 Å². The van der Waals surface area contributed by atoms with Crippen molar-refractivity contribution in [2.75, 3.05) is 33.2 Å². The van der Waals surface area contributed by atoms with E-state index >= 15 is 0 Å². The van der Waals surface area contributed by atoms with Crippen LogP contribution >= 0.6 is 0 Å². The van der Waals surface area contributed by atoms with E-state index in [1.165, 1.54) is 7.05 Å². The molecule has 1 amide bonds. The molecule has 6 nitrogen and oxygen atoms in total. The second-order valence-electron chi connectivity index (χ2n) is 5.34. The van der Waals surface area contributed by atoms with Gasteiger partial charge in [0.05, 0.1) is 4.90 Å². The van der Waals surface area contributed by atoms with E-state index in [1.54, 1.807) is 24.3 Å². The summed E-state index contributed by atoms with van der Waals surface area (Å²) in [7, 11) is -2.01. The predicted molar refractivity (Wildman–Crippen MR) is 85.1 cm³/mol. The summed E-state index contributed by atoms with van der Waals surface area (Å²) >= 11 is 0. The molecule has 1 aliphatic heterocycles. The first-order valence-corrected chi connectivity index (χ1v) is 9.02. The quantitative estimate of drug-likeness (QED) is 0.819. The van der Waals surface area contributed by atoms with Crippen LogP contribution in [0.15, 0.2) is 29.2 Å². The van der Waals surface area contributed by atoms with E-state index in [0.29, 0.717) is 12.8 Å². The number of aryl methyl sites for hydroxylation is 1. The van der Waals surface area contributed by atoms with E-state index in [9.17, 15) is 13.2 Å². The van der Waals surface area contributed by atoms with Crippen molar-refractivity contribution in [3.63, 3.8) is 0 Å². The third kappa shape index (κ3) is 4.53. The van der Waals surface area contributed by atoms with Gasteiger partial charge in [-0.2, -0.15) is 0 Å². The van der Waals surface area contributed by atoms with Gasteiger partial charge in [-0.3, -0.25) is 4.79 Å². The minimum atomic E-state index is -3.40. The molecule has 0 saturated carbocycles. The highest BCUT2D eigenvalue weighted by Crippen LogP contribution is 2.12. The fraction of sp³-hybridized carbons (Fsp3) is 0.533. The lowest BCUT2D eigenvalue weighted by Gasteiger charge is -2.19. The molecule has 2 rings (SSSR count). The van der Waals surface area contributed by atoms with E-state index in [4.69, 9.17) is 0 Å². The second kappa shape index (κ2) is 7.71. The van der Waals surface area contributed by atoms with Gasteiger partial charge in [-0.1, -0.05) is 12.1 Å². The van der Waals surface area contributed by atoms with Gasteiger partial charge in [0.1, 0.15) is 0 Å². The number of carbonyl (C=O) groups is 1. The molecule has 7 heteroatoms. The molecule has 1 aromatic rings. The van der Waals surface area contributed by atoms with Gasteiger partial charge >= 0.3 is 0 Å². The maximum Gasteiger partial charge on any atom is 0.240 e. The van der Waals surface area contributed by atoms with E-state index in [-0.39, 0.29) is 10.8 Å². The maximum atomic E-state index is 12.2. The van der Waals surface area contributed by atoms with Crippen molar-refractivity contribution in [2.45, 2.75) is 24.2 Å². The Morgan fingerprint density at radius 1 is 1.23 bits per heavy atom. The van der Waals surface area contributed by atoms with Gasteiger partial charge in [-0.25, -0.2) is 13.1 Å². The van der Waals surface area contributed by atoms with Crippen LogP contribution in [0.4, 0.5) is 0 Å². The first-order chi connectivity index (χ1) is 10.5. The van der Waals surface area contributed by atoms with Crippen molar-refractivity contribution in [2.24, 2.45) is 0 Å². The summed E-state index contributed by atoms with van der Waals surface area (Å²) < 4.78 is 25.6. The van der Waals surface area contributed by atoms with Crippen molar-refractivity contribution in [3.05, 3.63) is 29.8 Å². The van der Waals surface area contributed by atoms with Gasteiger partial charge in [-0.05, 0) is 44.1 Å². The van der Waals surface area contributed by atoms with E-state index < -0.39 is 10.0 Å². The van der Waals surface area contributed by atoms with Gasteiger partial charge in [0.2, 0.25) is 15.9 Å². The summed E-state index contributed by atoms with van der Waals surface area (Å²) in [6, 6.07) is 6.67. The number of sulfonamides is 1. The Labute approximate surface area is 131 Å². The zero-order valence-electron chi connectivity index (χ0n) is 12.8. The Morgan fingerprint density at radius 2 is 1.95 bits per heavy atom. The topological polar surface area (TPSA) is 78.5 Å². The average Bonchev–Trinajstić information content (AvgIpc) is 2.82. The largest absolute Gasteiger partial charge is 0.341 e. The standard InChI is InChI=1S/C15H23N3O3S/c1-16-22(20,21)14-6-3-13(4-7-14)5-8-15(19)18-11-2-9-17-10-12-18/h3-4,6-7,16-17H,2,5,8-12H2,1H3. The second-order valence-corrected chi connectivity index (χ2v) is 7.22. The Kier molecular flexibility index (Phi) is 5.93. The fourth-order valence-corrected chi connectivity index (χ4v) is 3.19. The van der Waals surface area contributed by atoms with Crippen molar-refractivity contribution >= 4 is 15.9 Å². The number of benzene rings is 1. The molecule has 0 radical (unpaired) electrons. The molecule has 0 aliphatic carbocycles. The zero-order valence-corrected chi connectivity index (χ0v) is 13.7. The lowest BCUT2D eigenvalue weighted by atomic mass is 10.1. The van der Waals surface area contributed by atoms with Crippen LogP contribution in [0.3, 0.4) is 0 Å². The number of nitrogens with zero attached hydrogens (tertiary/aromatic N) is 1. The molecule has 1 aromatic carbocycles. The molecule has 2 N–H and O–H groups in total. The molecule has 122 valence electrons. The van der Waals surface area contributed by atoms with Gasteiger partial charge in [0.25, 0.3) is 0 Å². The van der Waals surface area contributed by atoms with Crippen LogP contribution in [0.25, 0.3) is 0 Å². The third-order valence-corrected chi connectivity index (χ3v) is 5.25. The lowest BCUT2D eigenvalue weighted by Crippen LogP contribution is -2.34. The minimum absolute atomic E-state index is 0.163. The molecule has 0 atom stereocenters. The first kappa shape index (κ1) is 16.9. The summed E-state index contributed by atoms with van der Waals surface area (Å²) in [5, 5.41) is 3.28. The highest BCUT2D eigenvalue weighted by atomic mass is 32.2. The SMILES string of the molecule is CNS(=O)(=O)c1ccc(CCC(=O)N2CCCNCC2)cc1. The molecule has 1 heterocycles. The fourth-order valence-electron chi connectivity index (χ4n) is 2.46. The maximum absolute atomic E-state index is 12.2. The number of nitrogens with one attached hydrogen (secondary N) is 2. The van der Waals surface area contributed by atoms with Crippen molar-refractivity contribution in [1.82, 2.24) is 14.9 Å². The van der Waals surface area contributed by atoms with Crippen LogP contribution in [0.2, 0.25) is 0 Å². The highest BCUT2D eigenvalue weighted by molar-refractivity contribution is 7.89.